The summed E-state index contributed by atoms with van der Waals surface area (Å²) in [7, 11) is 3.04. The third-order valence-corrected chi connectivity index (χ3v) is 3.22. The van der Waals surface area contributed by atoms with Gasteiger partial charge in [0, 0.05) is 6.20 Å². The van der Waals surface area contributed by atoms with E-state index in [2.05, 4.69) is 10.3 Å². The Morgan fingerprint density at radius 2 is 1.95 bits per heavy atom. The SMILES string of the molecule is CCNC(c1cncc(OC)c1)c1ccc(OC)c(F)c1. The molecule has 5 heteroatoms. The first-order valence-corrected chi connectivity index (χ1v) is 6.75. The zero-order valence-electron chi connectivity index (χ0n) is 12.4. The molecule has 0 saturated heterocycles. The first kappa shape index (κ1) is 15.3. The summed E-state index contributed by atoms with van der Waals surface area (Å²) in [5.41, 5.74) is 1.73. The first-order chi connectivity index (χ1) is 10.2. The zero-order valence-corrected chi connectivity index (χ0v) is 12.4. The highest BCUT2D eigenvalue weighted by atomic mass is 19.1. The Balaban J connectivity index is 2.40. The topological polar surface area (TPSA) is 43.4 Å². The van der Waals surface area contributed by atoms with Crippen molar-refractivity contribution >= 4 is 0 Å². The van der Waals surface area contributed by atoms with Gasteiger partial charge in [0.2, 0.25) is 0 Å². The van der Waals surface area contributed by atoms with Gasteiger partial charge in [0.1, 0.15) is 5.75 Å². The molecule has 0 fully saturated rings. The Morgan fingerprint density at radius 3 is 2.57 bits per heavy atom. The fourth-order valence-corrected chi connectivity index (χ4v) is 2.20. The van der Waals surface area contributed by atoms with E-state index in [9.17, 15) is 4.39 Å². The fraction of sp³-hybridized carbons (Fsp3) is 0.312. The largest absolute Gasteiger partial charge is 0.495 e. The third kappa shape index (κ3) is 3.49. The molecule has 4 nitrogen and oxygen atoms in total. The number of methoxy groups -OCH3 is 2. The van der Waals surface area contributed by atoms with Crippen molar-refractivity contribution in [1.82, 2.24) is 10.3 Å². The van der Waals surface area contributed by atoms with Crippen LogP contribution in [0.5, 0.6) is 11.5 Å². The molecule has 0 radical (unpaired) electrons. The van der Waals surface area contributed by atoms with E-state index in [4.69, 9.17) is 9.47 Å². The Kier molecular flexibility index (Phi) is 5.11. The van der Waals surface area contributed by atoms with Crippen LogP contribution >= 0.6 is 0 Å². The summed E-state index contributed by atoms with van der Waals surface area (Å²) in [6, 6.07) is 6.68. The molecule has 1 heterocycles. The molecule has 0 aliphatic rings. The molecule has 1 aromatic heterocycles. The number of pyridine rings is 1. The van der Waals surface area contributed by atoms with E-state index >= 15 is 0 Å². The molecule has 2 rings (SSSR count). The van der Waals surface area contributed by atoms with Gasteiger partial charge in [-0.25, -0.2) is 4.39 Å². The average molecular weight is 290 g/mol. The Labute approximate surface area is 123 Å². The van der Waals surface area contributed by atoms with Crippen molar-refractivity contribution in [2.75, 3.05) is 20.8 Å². The van der Waals surface area contributed by atoms with E-state index in [-0.39, 0.29) is 17.6 Å². The van der Waals surface area contributed by atoms with E-state index in [1.807, 2.05) is 19.1 Å². The van der Waals surface area contributed by atoms with Gasteiger partial charge in [0.05, 0.1) is 26.5 Å². The highest BCUT2D eigenvalue weighted by Gasteiger charge is 2.16. The van der Waals surface area contributed by atoms with Crippen LogP contribution in [-0.2, 0) is 0 Å². The summed E-state index contributed by atoms with van der Waals surface area (Å²) in [6.45, 7) is 2.75. The Morgan fingerprint density at radius 1 is 1.14 bits per heavy atom. The summed E-state index contributed by atoms with van der Waals surface area (Å²) in [6.07, 6.45) is 3.39. The second-order valence-electron chi connectivity index (χ2n) is 4.54. The van der Waals surface area contributed by atoms with Gasteiger partial charge in [-0.3, -0.25) is 4.98 Å². The predicted molar refractivity (Wildman–Crippen MR) is 79.3 cm³/mol. The molecule has 1 aromatic carbocycles. The van der Waals surface area contributed by atoms with Crippen molar-refractivity contribution in [3.8, 4) is 11.5 Å². The molecule has 2 aromatic rings. The number of hydrogen-bond acceptors (Lipinski definition) is 4. The molecule has 0 aliphatic heterocycles. The molecule has 112 valence electrons. The van der Waals surface area contributed by atoms with Crippen molar-refractivity contribution in [1.29, 1.82) is 0 Å². The van der Waals surface area contributed by atoms with Crippen molar-refractivity contribution in [2.45, 2.75) is 13.0 Å². The lowest BCUT2D eigenvalue weighted by atomic mass is 9.99. The van der Waals surface area contributed by atoms with Crippen LogP contribution in [0.15, 0.2) is 36.7 Å². The van der Waals surface area contributed by atoms with Crippen molar-refractivity contribution in [2.24, 2.45) is 0 Å². The van der Waals surface area contributed by atoms with E-state index in [0.29, 0.717) is 5.75 Å². The smallest absolute Gasteiger partial charge is 0.165 e. The maximum atomic E-state index is 13.9. The van der Waals surface area contributed by atoms with Crippen LogP contribution in [-0.4, -0.2) is 25.7 Å². The molecule has 0 amide bonds. The van der Waals surface area contributed by atoms with E-state index in [1.165, 1.54) is 13.2 Å². The normalized spacial score (nSPS) is 12.0. The van der Waals surface area contributed by atoms with Crippen LogP contribution in [0.25, 0.3) is 0 Å². The number of benzene rings is 1. The molecule has 1 unspecified atom stereocenters. The number of halogens is 1. The number of nitrogens with one attached hydrogen (secondary N) is 1. The van der Waals surface area contributed by atoms with Crippen LogP contribution in [0.2, 0.25) is 0 Å². The van der Waals surface area contributed by atoms with Crippen molar-refractivity contribution < 1.29 is 13.9 Å². The van der Waals surface area contributed by atoms with E-state index < -0.39 is 0 Å². The number of ether oxygens (including phenoxy) is 2. The minimum Gasteiger partial charge on any atom is -0.495 e. The molecule has 1 N–H and O–H groups in total. The second-order valence-corrected chi connectivity index (χ2v) is 4.54. The van der Waals surface area contributed by atoms with E-state index in [0.717, 1.165) is 17.7 Å². The molecule has 0 spiro atoms. The summed E-state index contributed by atoms with van der Waals surface area (Å²) >= 11 is 0. The van der Waals surface area contributed by atoms with Gasteiger partial charge in [-0.1, -0.05) is 13.0 Å². The maximum Gasteiger partial charge on any atom is 0.165 e. The highest BCUT2D eigenvalue weighted by molar-refractivity contribution is 5.37. The summed E-state index contributed by atoms with van der Waals surface area (Å²) in [5.74, 6) is 0.524. The molecule has 1 atom stereocenters. The van der Waals surface area contributed by atoms with Crippen molar-refractivity contribution in [3.05, 3.63) is 53.6 Å². The second kappa shape index (κ2) is 7.04. The quantitative estimate of drug-likeness (QED) is 0.888. The minimum atomic E-state index is -0.381. The Hall–Kier alpha value is -2.14. The van der Waals surface area contributed by atoms with Gasteiger partial charge < -0.3 is 14.8 Å². The lowest BCUT2D eigenvalue weighted by Crippen LogP contribution is -2.22. The van der Waals surface area contributed by atoms with Gasteiger partial charge in [-0.15, -0.1) is 0 Å². The standard InChI is InChI=1S/C16H19FN2O2/c1-4-19-16(12-7-13(20-2)10-18-9-12)11-5-6-15(21-3)14(17)8-11/h5-10,16,19H,4H2,1-3H3. The lowest BCUT2D eigenvalue weighted by Gasteiger charge is -2.19. The van der Waals surface area contributed by atoms with Gasteiger partial charge in [-0.05, 0) is 35.9 Å². The molecule has 0 aliphatic carbocycles. The molecule has 21 heavy (non-hydrogen) atoms. The third-order valence-electron chi connectivity index (χ3n) is 3.22. The molecule has 0 bridgehead atoms. The minimum absolute atomic E-state index is 0.155. The predicted octanol–water partition coefficient (Wildman–Crippen LogP) is 2.94. The monoisotopic (exact) mass is 290 g/mol. The fourth-order valence-electron chi connectivity index (χ4n) is 2.20. The van der Waals surface area contributed by atoms with Crippen molar-refractivity contribution in [3.63, 3.8) is 0 Å². The summed E-state index contributed by atoms with van der Waals surface area (Å²) in [4.78, 5) is 4.16. The Bertz CT molecular complexity index is 605. The maximum absolute atomic E-state index is 13.9. The van der Waals surface area contributed by atoms with Crippen LogP contribution in [0.4, 0.5) is 4.39 Å². The van der Waals surface area contributed by atoms with Gasteiger partial charge in [0.25, 0.3) is 0 Å². The number of aromatic nitrogens is 1. The number of rotatable bonds is 6. The molecule has 0 saturated carbocycles. The number of hydrogen-bond donors (Lipinski definition) is 1. The molecular weight excluding hydrogens is 271 g/mol. The highest BCUT2D eigenvalue weighted by Crippen LogP contribution is 2.27. The van der Waals surface area contributed by atoms with E-state index in [1.54, 1.807) is 25.6 Å². The summed E-state index contributed by atoms with van der Waals surface area (Å²) in [5, 5.41) is 3.33. The van der Waals surface area contributed by atoms with Gasteiger partial charge in [0.15, 0.2) is 11.6 Å². The lowest BCUT2D eigenvalue weighted by molar-refractivity contribution is 0.385. The summed E-state index contributed by atoms with van der Waals surface area (Å²) < 4.78 is 24.1. The zero-order chi connectivity index (χ0) is 15.2. The van der Waals surface area contributed by atoms with Crippen LogP contribution in [0, 0.1) is 5.82 Å². The van der Waals surface area contributed by atoms with Crippen LogP contribution in [0.1, 0.15) is 24.1 Å². The van der Waals surface area contributed by atoms with Gasteiger partial charge >= 0.3 is 0 Å². The van der Waals surface area contributed by atoms with Crippen LogP contribution < -0.4 is 14.8 Å². The average Bonchev–Trinajstić information content (AvgIpc) is 2.52. The van der Waals surface area contributed by atoms with Gasteiger partial charge in [-0.2, -0.15) is 0 Å². The van der Waals surface area contributed by atoms with Crippen LogP contribution in [0.3, 0.4) is 0 Å². The number of nitrogens with zero attached hydrogens (tertiary/aromatic N) is 1. The molecular formula is C16H19FN2O2. The first-order valence-electron chi connectivity index (χ1n) is 6.75.